The molecule has 0 bridgehead atoms. The fraction of sp³-hybridized carbons (Fsp3) is 0.300. The van der Waals surface area contributed by atoms with Crippen LogP contribution in [0, 0.1) is 6.92 Å². The second-order valence-electron chi connectivity index (χ2n) is 3.02. The highest BCUT2D eigenvalue weighted by molar-refractivity contribution is 7.12. The van der Waals surface area contributed by atoms with Gasteiger partial charge in [0.2, 0.25) is 0 Å². The minimum absolute atomic E-state index is 0. The molecular weight excluding hydrogens is 232 g/mol. The number of nitrogens with one attached hydrogen (secondary N) is 1. The van der Waals surface area contributed by atoms with E-state index in [0.29, 0.717) is 0 Å². The van der Waals surface area contributed by atoms with Crippen LogP contribution in [0.1, 0.15) is 9.88 Å². The van der Waals surface area contributed by atoms with E-state index in [1.807, 2.05) is 19.2 Å². The maximum absolute atomic E-state index is 5.32. The molecule has 2 heterocycles. The molecule has 0 atom stereocenters. The minimum Gasteiger partial charge on any atom is -0.463 e. The van der Waals surface area contributed by atoms with Crippen LogP contribution >= 0.6 is 23.7 Å². The summed E-state index contributed by atoms with van der Waals surface area (Å²) < 4.78 is 5.32. The third kappa shape index (κ3) is 2.59. The average Bonchev–Trinajstić information content (AvgIpc) is 2.74. The molecule has 0 fully saturated rings. The van der Waals surface area contributed by atoms with Crippen molar-refractivity contribution in [3.8, 4) is 11.5 Å². The van der Waals surface area contributed by atoms with Crippen LogP contribution in [0.4, 0.5) is 0 Å². The van der Waals surface area contributed by atoms with Crippen LogP contribution in [0.5, 0.6) is 0 Å². The van der Waals surface area contributed by atoms with E-state index in [1.54, 1.807) is 17.6 Å². The number of aryl methyl sites for hydroxylation is 1. The average molecular weight is 245 g/mol. The fourth-order valence-electron chi connectivity index (χ4n) is 1.32. The van der Waals surface area contributed by atoms with Crippen LogP contribution in [-0.4, -0.2) is 12.0 Å². The van der Waals surface area contributed by atoms with Gasteiger partial charge in [-0.3, -0.25) is 0 Å². The Morgan fingerprint density at radius 1 is 1.53 bits per heavy atom. The summed E-state index contributed by atoms with van der Waals surface area (Å²) in [5.74, 6) is 0.848. The van der Waals surface area contributed by atoms with Crippen molar-refractivity contribution in [2.75, 3.05) is 7.05 Å². The lowest BCUT2D eigenvalue weighted by atomic mass is 10.3. The summed E-state index contributed by atoms with van der Waals surface area (Å²) in [4.78, 5) is 5.70. The van der Waals surface area contributed by atoms with Crippen LogP contribution in [0.3, 0.4) is 0 Å². The lowest BCUT2D eigenvalue weighted by Gasteiger charge is -1.91. The molecule has 0 aliphatic heterocycles. The number of rotatable bonds is 3. The molecule has 0 aliphatic carbocycles. The number of hydrogen-bond acceptors (Lipinski definition) is 4. The molecule has 0 spiro atoms. The third-order valence-electron chi connectivity index (χ3n) is 1.92. The minimum atomic E-state index is 0. The Balaban J connectivity index is 0.00000112. The van der Waals surface area contributed by atoms with Gasteiger partial charge in [-0.2, -0.15) is 0 Å². The zero-order valence-corrected chi connectivity index (χ0v) is 10.2. The highest BCUT2D eigenvalue weighted by atomic mass is 35.5. The molecule has 0 aromatic carbocycles. The molecule has 82 valence electrons. The maximum Gasteiger partial charge on any atom is 0.153 e. The Labute approximate surface area is 98.9 Å². The molecule has 2 aromatic heterocycles. The molecule has 0 saturated carbocycles. The van der Waals surface area contributed by atoms with Gasteiger partial charge in [0.25, 0.3) is 0 Å². The Morgan fingerprint density at radius 2 is 2.33 bits per heavy atom. The first kappa shape index (κ1) is 12.2. The van der Waals surface area contributed by atoms with Gasteiger partial charge < -0.3 is 9.73 Å². The van der Waals surface area contributed by atoms with Crippen molar-refractivity contribution >= 4 is 23.7 Å². The van der Waals surface area contributed by atoms with Gasteiger partial charge in [-0.05, 0) is 26.1 Å². The molecule has 0 radical (unpaired) electrons. The van der Waals surface area contributed by atoms with E-state index < -0.39 is 0 Å². The van der Waals surface area contributed by atoms with E-state index in [1.165, 1.54) is 4.88 Å². The van der Waals surface area contributed by atoms with Gasteiger partial charge in [-0.25, -0.2) is 4.98 Å². The smallest absolute Gasteiger partial charge is 0.153 e. The second-order valence-corrected chi connectivity index (χ2v) is 4.31. The summed E-state index contributed by atoms with van der Waals surface area (Å²) in [5.41, 5.74) is 0.963. The molecule has 0 aliphatic rings. The first-order valence-electron chi connectivity index (χ1n) is 4.46. The van der Waals surface area contributed by atoms with E-state index in [4.69, 9.17) is 4.42 Å². The van der Waals surface area contributed by atoms with Gasteiger partial charge in [-0.1, -0.05) is 0 Å². The summed E-state index contributed by atoms with van der Waals surface area (Å²) in [7, 11) is 1.92. The zero-order chi connectivity index (χ0) is 9.97. The summed E-state index contributed by atoms with van der Waals surface area (Å²) >= 11 is 1.70. The number of nitrogens with zero attached hydrogens (tertiary/aromatic N) is 1. The highest BCUT2D eigenvalue weighted by Crippen LogP contribution is 2.27. The largest absolute Gasteiger partial charge is 0.463 e. The lowest BCUT2D eigenvalue weighted by molar-refractivity contribution is 0.579. The van der Waals surface area contributed by atoms with Crippen molar-refractivity contribution in [3.63, 3.8) is 0 Å². The predicted molar refractivity (Wildman–Crippen MR) is 64.6 cm³/mol. The Kier molecular flexibility index (Phi) is 4.32. The first-order valence-corrected chi connectivity index (χ1v) is 5.27. The Bertz CT molecular complexity index is 411. The normalized spacial score (nSPS) is 10.0. The fourth-order valence-corrected chi connectivity index (χ4v) is 2.27. The number of hydrogen-bond donors (Lipinski definition) is 1. The van der Waals surface area contributed by atoms with E-state index in [-0.39, 0.29) is 12.4 Å². The van der Waals surface area contributed by atoms with Gasteiger partial charge in [0.1, 0.15) is 10.7 Å². The van der Waals surface area contributed by atoms with Crippen molar-refractivity contribution in [2.45, 2.75) is 13.5 Å². The molecule has 0 amide bonds. The first-order chi connectivity index (χ1) is 6.81. The van der Waals surface area contributed by atoms with E-state index in [9.17, 15) is 0 Å². The second kappa shape index (κ2) is 5.30. The summed E-state index contributed by atoms with van der Waals surface area (Å²) in [6.45, 7) is 2.88. The van der Waals surface area contributed by atoms with E-state index >= 15 is 0 Å². The van der Waals surface area contributed by atoms with Crippen LogP contribution in [0.25, 0.3) is 11.5 Å². The quantitative estimate of drug-likeness (QED) is 0.902. The van der Waals surface area contributed by atoms with Crippen LogP contribution in [-0.2, 0) is 6.54 Å². The Hall–Kier alpha value is -0.840. The van der Waals surface area contributed by atoms with Gasteiger partial charge in [-0.15, -0.1) is 23.7 Å². The summed E-state index contributed by atoms with van der Waals surface area (Å²) in [6.07, 6.45) is 1.67. The molecule has 0 unspecified atom stereocenters. The standard InChI is InChI=1S/C10H12N2OS.ClH/c1-7-10(8-4-3-5-13-8)12-9(14-7)6-11-2;/h3-5,11H,6H2,1-2H3;1H. The molecule has 5 heteroatoms. The van der Waals surface area contributed by atoms with Crippen LogP contribution in [0.15, 0.2) is 22.8 Å². The SMILES string of the molecule is CNCc1nc(-c2ccco2)c(C)s1.Cl. The van der Waals surface area contributed by atoms with Gasteiger partial charge >= 0.3 is 0 Å². The van der Waals surface area contributed by atoms with E-state index in [2.05, 4.69) is 17.2 Å². The zero-order valence-electron chi connectivity index (χ0n) is 8.61. The number of thiazole rings is 1. The monoisotopic (exact) mass is 244 g/mol. The number of halogens is 1. The third-order valence-corrected chi connectivity index (χ3v) is 2.89. The summed E-state index contributed by atoms with van der Waals surface area (Å²) in [6, 6.07) is 3.82. The van der Waals surface area contributed by atoms with Crippen molar-refractivity contribution in [1.82, 2.24) is 10.3 Å². The molecule has 3 nitrogen and oxygen atoms in total. The van der Waals surface area contributed by atoms with Crippen molar-refractivity contribution in [1.29, 1.82) is 0 Å². The molecule has 0 saturated heterocycles. The summed E-state index contributed by atoms with van der Waals surface area (Å²) in [5, 5.41) is 4.18. The van der Waals surface area contributed by atoms with E-state index in [0.717, 1.165) is 23.0 Å². The Morgan fingerprint density at radius 3 is 2.93 bits per heavy atom. The molecule has 2 aromatic rings. The van der Waals surface area contributed by atoms with Gasteiger partial charge in [0, 0.05) is 11.4 Å². The molecular formula is C10H13ClN2OS. The molecule has 15 heavy (non-hydrogen) atoms. The number of furan rings is 1. The lowest BCUT2D eigenvalue weighted by Crippen LogP contribution is -2.04. The topological polar surface area (TPSA) is 38.1 Å². The maximum atomic E-state index is 5.32. The van der Waals surface area contributed by atoms with Crippen molar-refractivity contribution in [2.24, 2.45) is 0 Å². The molecule has 1 N–H and O–H groups in total. The van der Waals surface area contributed by atoms with Crippen molar-refractivity contribution < 1.29 is 4.42 Å². The highest BCUT2D eigenvalue weighted by Gasteiger charge is 2.10. The van der Waals surface area contributed by atoms with Gasteiger partial charge in [0.15, 0.2) is 5.76 Å². The predicted octanol–water partition coefficient (Wildman–Crippen LogP) is 2.85. The van der Waals surface area contributed by atoms with Crippen LogP contribution < -0.4 is 5.32 Å². The molecule has 2 rings (SSSR count). The number of aromatic nitrogens is 1. The van der Waals surface area contributed by atoms with Crippen molar-refractivity contribution in [3.05, 3.63) is 28.3 Å². The van der Waals surface area contributed by atoms with Crippen LogP contribution in [0.2, 0.25) is 0 Å². The van der Waals surface area contributed by atoms with Gasteiger partial charge in [0.05, 0.1) is 6.26 Å².